The van der Waals surface area contributed by atoms with Gasteiger partial charge in [-0.3, -0.25) is 4.79 Å². The molecule has 1 amide bonds. The molecule has 1 fully saturated rings. The maximum atomic E-state index is 13.0. The van der Waals surface area contributed by atoms with E-state index in [1.165, 1.54) is 36.0 Å². The molecule has 24 heavy (non-hydrogen) atoms. The van der Waals surface area contributed by atoms with Crippen LogP contribution < -0.4 is 0 Å². The number of rotatable bonds is 3. The number of carbonyl (C=O) groups excluding carboxylic acids is 1. The number of halogens is 4. The van der Waals surface area contributed by atoms with E-state index in [-0.39, 0.29) is 29.4 Å². The molecule has 0 spiro atoms. The molecule has 0 saturated carbocycles. The molecule has 126 valence electrons. The minimum Gasteiger partial charge on any atom is -0.322 e. The summed E-state index contributed by atoms with van der Waals surface area (Å²) in [6.45, 7) is 0.289. The van der Waals surface area contributed by atoms with Gasteiger partial charge in [0.05, 0.1) is 11.3 Å². The van der Waals surface area contributed by atoms with Gasteiger partial charge in [0.25, 0.3) is 0 Å². The summed E-state index contributed by atoms with van der Waals surface area (Å²) in [7, 11) is 0. The molecule has 0 N–H and O–H groups in total. The molecule has 1 aliphatic rings. The fraction of sp³-hybridized carbons (Fsp3) is 0.235. The van der Waals surface area contributed by atoms with Gasteiger partial charge in [-0.15, -0.1) is 11.8 Å². The maximum Gasteiger partial charge on any atom is 0.416 e. The van der Waals surface area contributed by atoms with E-state index in [2.05, 4.69) is 0 Å². The Labute approximate surface area is 140 Å². The first-order valence-corrected chi connectivity index (χ1v) is 8.22. The first-order valence-electron chi connectivity index (χ1n) is 7.17. The summed E-state index contributed by atoms with van der Waals surface area (Å²) < 4.78 is 50.9. The van der Waals surface area contributed by atoms with Crippen LogP contribution in [0.2, 0.25) is 0 Å². The Morgan fingerprint density at radius 2 is 1.67 bits per heavy atom. The molecule has 0 aromatic heterocycles. The van der Waals surface area contributed by atoms with Crippen LogP contribution in [-0.2, 0) is 17.5 Å². The minimum atomic E-state index is -4.38. The second kappa shape index (κ2) is 6.47. The summed E-state index contributed by atoms with van der Waals surface area (Å²) >= 11 is 1.37. The molecule has 1 unspecified atom stereocenters. The number of hydrogen-bond donors (Lipinski definition) is 0. The number of carbonyl (C=O) groups is 1. The standard InChI is InChI=1S/C17H13F4NOS/c18-14-7-1-11(2-8-14)9-22-15(23)10-24-16(22)12-3-5-13(6-4-12)17(19,20)21/h1-8,16H,9-10H2. The third-order valence-electron chi connectivity index (χ3n) is 3.76. The summed E-state index contributed by atoms with van der Waals surface area (Å²) in [5.74, 6) is -0.179. The Morgan fingerprint density at radius 3 is 2.25 bits per heavy atom. The highest BCUT2D eigenvalue weighted by Crippen LogP contribution is 2.40. The normalized spacial score (nSPS) is 18.2. The van der Waals surface area contributed by atoms with E-state index < -0.39 is 11.7 Å². The SMILES string of the molecule is O=C1CSC(c2ccc(C(F)(F)F)cc2)N1Cc1ccc(F)cc1. The summed E-state index contributed by atoms with van der Waals surface area (Å²) in [4.78, 5) is 13.7. The van der Waals surface area contributed by atoms with E-state index in [0.29, 0.717) is 5.56 Å². The van der Waals surface area contributed by atoms with Crippen molar-refractivity contribution in [2.75, 3.05) is 5.75 Å². The molecule has 0 bridgehead atoms. The van der Waals surface area contributed by atoms with Crippen molar-refractivity contribution < 1.29 is 22.4 Å². The van der Waals surface area contributed by atoms with Crippen LogP contribution in [0.15, 0.2) is 48.5 Å². The monoisotopic (exact) mass is 355 g/mol. The fourth-order valence-corrected chi connectivity index (χ4v) is 3.71. The average Bonchev–Trinajstić information content (AvgIpc) is 2.90. The van der Waals surface area contributed by atoms with Crippen LogP contribution in [0.5, 0.6) is 0 Å². The number of hydrogen-bond acceptors (Lipinski definition) is 2. The highest BCUT2D eigenvalue weighted by molar-refractivity contribution is 8.00. The molecule has 1 atom stereocenters. The van der Waals surface area contributed by atoms with Crippen molar-refractivity contribution in [3.05, 3.63) is 71.0 Å². The molecule has 0 aliphatic carbocycles. The lowest BCUT2D eigenvalue weighted by atomic mass is 10.1. The van der Waals surface area contributed by atoms with Gasteiger partial charge >= 0.3 is 6.18 Å². The Bertz CT molecular complexity index is 728. The topological polar surface area (TPSA) is 20.3 Å². The van der Waals surface area contributed by atoms with Crippen LogP contribution in [0.4, 0.5) is 17.6 Å². The largest absolute Gasteiger partial charge is 0.416 e. The number of thioether (sulfide) groups is 1. The zero-order valence-electron chi connectivity index (χ0n) is 12.4. The molecule has 2 aromatic carbocycles. The first-order chi connectivity index (χ1) is 11.3. The molecule has 0 radical (unpaired) electrons. The fourth-order valence-electron chi connectivity index (χ4n) is 2.52. The molecular weight excluding hydrogens is 342 g/mol. The molecule has 2 nitrogen and oxygen atoms in total. The number of alkyl halides is 3. The summed E-state index contributed by atoms with van der Waals surface area (Å²) in [6.07, 6.45) is -4.38. The van der Waals surface area contributed by atoms with Gasteiger partial charge in [-0.2, -0.15) is 13.2 Å². The quantitative estimate of drug-likeness (QED) is 0.749. The van der Waals surface area contributed by atoms with Gasteiger partial charge in [0.2, 0.25) is 5.91 Å². The van der Waals surface area contributed by atoms with Gasteiger partial charge in [-0.05, 0) is 35.4 Å². The molecule has 3 rings (SSSR count). The zero-order chi connectivity index (χ0) is 17.3. The Morgan fingerprint density at radius 1 is 1.04 bits per heavy atom. The van der Waals surface area contributed by atoms with Crippen molar-refractivity contribution in [1.82, 2.24) is 4.90 Å². The van der Waals surface area contributed by atoms with E-state index in [9.17, 15) is 22.4 Å². The van der Waals surface area contributed by atoms with Crippen molar-refractivity contribution in [3.8, 4) is 0 Å². The van der Waals surface area contributed by atoms with Gasteiger partial charge < -0.3 is 4.90 Å². The Balaban J connectivity index is 1.81. The van der Waals surface area contributed by atoms with Crippen molar-refractivity contribution in [3.63, 3.8) is 0 Å². The van der Waals surface area contributed by atoms with Crippen molar-refractivity contribution >= 4 is 17.7 Å². The maximum absolute atomic E-state index is 13.0. The third-order valence-corrected chi connectivity index (χ3v) is 5.01. The zero-order valence-corrected chi connectivity index (χ0v) is 13.2. The van der Waals surface area contributed by atoms with Crippen molar-refractivity contribution in [1.29, 1.82) is 0 Å². The van der Waals surface area contributed by atoms with Crippen LogP contribution in [0.25, 0.3) is 0 Å². The summed E-state index contributed by atoms with van der Waals surface area (Å²) in [5.41, 5.74) is 0.691. The van der Waals surface area contributed by atoms with Crippen molar-refractivity contribution in [2.45, 2.75) is 18.1 Å². The van der Waals surface area contributed by atoms with Gasteiger partial charge in [-0.25, -0.2) is 4.39 Å². The highest BCUT2D eigenvalue weighted by atomic mass is 32.2. The van der Waals surface area contributed by atoms with E-state index in [4.69, 9.17) is 0 Å². The van der Waals surface area contributed by atoms with Crippen LogP contribution in [0, 0.1) is 5.82 Å². The second-order valence-corrected chi connectivity index (χ2v) is 6.50. The molecular formula is C17H13F4NOS. The molecule has 7 heteroatoms. The van der Waals surface area contributed by atoms with Crippen molar-refractivity contribution in [2.24, 2.45) is 0 Å². The number of nitrogens with zero attached hydrogens (tertiary/aromatic N) is 1. The number of amides is 1. The Kier molecular flexibility index (Phi) is 4.54. The molecule has 1 saturated heterocycles. The molecule has 1 heterocycles. The third kappa shape index (κ3) is 3.56. The lowest BCUT2D eigenvalue weighted by molar-refractivity contribution is -0.137. The smallest absolute Gasteiger partial charge is 0.322 e. The van der Waals surface area contributed by atoms with Crippen LogP contribution >= 0.6 is 11.8 Å². The van der Waals surface area contributed by atoms with E-state index >= 15 is 0 Å². The predicted octanol–water partition coefficient (Wildman–Crippen LogP) is 4.62. The summed E-state index contributed by atoms with van der Waals surface area (Å²) in [5, 5.41) is -0.343. The van der Waals surface area contributed by atoms with Gasteiger partial charge in [0, 0.05) is 6.54 Å². The van der Waals surface area contributed by atoms with Crippen LogP contribution in [0.3, 0.4) is 0 Å². The molecule has 2 aromatic rings. The van der Waals surface area contributed by atoms with Gasteiger partial charge in [0.1, 0.15) is 11.2 Å². The number of benzene rings is 2. The first kappa shape index (κ1) is 16.8. The van der Waals surface area contributed by atoms with E-state index in [1.54, 1.807) is 17.0 Å². The highest BCUT2D eigenvalue weighted by Gasteiger charge is 2.34. The average molecular weight is 355 g/mol. The van der Waals surface area contributed by atoms with E-state index in [0.717, 1.165) is 17.7 Å². The lowest BCUT2D eigenvalue weighted by Gasteiger charge is -2.24. The summed E-state index contributed by atoms with van der Waals surface area (Å²) in [6, 6.07) is 10.7. The predicted molar refractivity (Wildman–Crippen MR) is 83.6 cm³/mol. The molecule has 1 aliphatic heterocycles. The van der Waals surface area contributed by atoms with Gasteiger partial charge in [0.15, 0.2) is 0 Å². The van der Waals surface area contributed by atoms with Crippen LogP contribution in [-0.4, -0.2) is 16.6 Å². The van der Waals surface area contributed by atoms with Crippen LogP contribution in [0.1, 0.15) is 22.1 Å². The Hall–Kier alpha value is -2.02. The minimum absolute atomic E-state index is 0.0887. The lowest BCUT2D eigenvalue weighted by Crippen LogP contribution is -2.27. The second-order valence-electron chi connectivity index (χ2n) is 5.43. The van der Waals surface area contributed by atoms with E-state index in [1.807, 2.05) is 0 Å². The van der Waals surface area contributed by atoms with Gasteiger partial charge in [-0.1, -0.05) is 24.3 Å².